The number of hydrogen-bond donors (Lipinski definition) is 8. The van der Waals surface area contributed by atoms with E-state index in [1.165, 1.54) is 51.4 Å². The SMILES string of the molecule is CC(C)(C)OC(=O)N1CCC(CS(=N)(=O)O)CC1.CC(C)(C)OC(=O)N1CCC(N)CC1.CS(=O)(=O)Cl.Cl.Cl.ClCCl.N=S(=O)(O)CC1CCNCC1.[C-]#[N+]c1ccc(N2N=C3c4ccc(C(=O)N5CCC(NS(C)(=O)=O)CC5)nc4CCC3C2C2CCCC2)cc1Cl.[C-]#[N+]c1ccc(N2N=C3c4ccc(C(=O)O)nc4CCC3C2C2CCCC2)cc1Cl. The molecule has 684 valence electrons. The molecule has 6 fully saturated rings. The number of rotatable bonds is 12. The van der Waals surface area contributed by atoms with E-state index in [9.17, 15) is 49.5 Å². The first-order chi connectivity index (χ1) is 56.7. The van der Waals surface area contributed by atoms with Crippen LogP contribution in [0.25, 0.3) is 9.69 Å². The predicted molar refractivity (Wildman–Crippen MR) is 491 cm³/mol. The molecule has 0 radical (unpaired) electrons. The number of carboxylic acids is 1. The van der Waals surface area contributed by atoms with Gasteiger partial charge in [0.2, 0.25) is 30.4 Å². The Labute approximate surface area is 761 Å². The second kappa shape index (κ2) is 47.2. The summed E-state index contributed by atoms with van der Waals surface area (Å²) in [6, 6.07) is 18.9. The van der Waals surface area contributed by atoms with Crippen molar-refractivity contribution < 1.29 is 68.1 Å². The second-order valence-electron chi connectivity index (χ2n) is 34.0. The van der Waals surface area contributed by atoms with Crippen molar-refractivity contribution in [2.24, 2.45) is 51.4 Å². The largest absolute Gasteiger partial charge is 0.477 e. The minimum Gasteiger partial charge on any atom is -0.477 e. The van der Waals surface area contributed by atoms with Gasteiger partial charge in [-0.05, 0) is 230 Å². The van der Waals surface area contributed by atoms with E-state index in [2.05, 4.69) is 45.4 Å². The smallest absolute Gasteiger partial charge is 0.410 e. The van der Waals surface area contributed by atoms with Gasteiger partial charge in [0.05, 0.1) is 88.8 Å². The van der Waals surface area contributed by atoms with Crippen LogP contribution >= 0.6 is 81.9 Å². The molecule has 4 saturated heterocycles. The molecule has 6 aliphatic heterocycles. The van der Waals surface area contributed by atoms with Gasteiger partial charge in [-0.2, -0.15) is 10.2 Å². The summed E-state index contributed by atoms with van der Waals surface area (Å²) >= 11 is 22.3. The van der Waals surface area contributed by atoms with Crippen molar-refractivity contribution >= 4 is 179 Å². The summed E-state index contributed by atoms with van der Waals surface area (Å²) in [5.41, 5.74) is 13.8. The van der Waals surface area contributed by atoms with Gasteiger partial charge in [0.25, 0.3) is 5.91 Å². The fourth-order valence-electron chi connectivity index (χ4n) is 16.9. The lowest BCUT2D eigenvalue weighted by molar-refractivity contribution is 0.0185. The topological polar surface area (TPSA) is 423 Å². The lowest BCUT2D eigenvalue weighted by Crippen LogP contribution is -2.46. The number of likely N-dealkylation sites (tertiary alicyclic amines) is 3. The zero-order valence-electron chi connectivity index (χ0n) is 70.5. The molecule has 123 heavy (non-hydrogen) atoms. The van der Waals surface area contributed by atoms with Crippen LogP contribution in [0.3, 0.4) is 0 Å². The van der Waals surface area contributed by atoms with Crippen molar-refractivity contribution in [1.29, 1.82) is 9.56 Å². The molecule has 4 aromatic rings. The average Bonchev–Trinajstić information content (AvgIpc) is 1.60. The van der Waals surface area contributed by atoms with Crippen LogP contribution in [-0.4, -0.2) is 217 Å². The van der Waals surface area contributed by atoms with Crippen LogP contribution < -0.4 is 25.8 Å². The van der Waals surface area contributed by atoms with Crippen molar-refractivity contribution in [3.63, 3.8) is 0 Å². The van der Waals surface area contributed by atoms with Crippen LogP contribution in [-0.2, 0) is 61.4 Å². The quantitative estimate of drug-likeness (QED) is 0.0371. The highest BCUT2D eigenvalue weighted by Crippen LogP contribution is 2.48. The minimum absolute atomic E-state index is 0. The lowest BCUT2D eigenvalue weighted by atomic mass is 9.76. The van der Waals surface area contributed by atoms with Gasteiger partial charge in [-0.25, -0.2) is 73.6 Å². The van der Waals surface area contributed by atoms with Crippen molar-refractivity contribution in [2.45, 2.75) is 205 Å². The van der Waals surface area contributed by atoms with E-state index >= 15 is 0 Å². The summed E-state index contributed by atoms with van der Waals surface area (Å²) in [4.78, 5) is 69.3. The Morgan fingerprint density at radius 3 is 1.30 bits per heavy atom. The Kier molecular flexibility index (Phi) is 40.5. The molecule has 2 aromatic carbocycles. The van der Waals surface area contributed by atoms with E-state index in [1.807, 2.05) is 84.0 Å². The molecule has 0 bridgehead atoms. The molecule has 9 N–H and O–H groups in total. The lowest BCUT2D eigenvalue weighted by Gasteiger charge is -2.34. The monoisotopic (exact) mass is 1930 g/mol. The number of benzene rings is 2. The molecule has 42 heteroatoms. The summed E-state index contributed by atoms with van der Waals surface area (Å²) in [6.07, 6.45) is 20.7. The van der Waals surface area contributed by atoms with Gasteiger partial charge in [-0.15, -0.1) is 48.0 Å². The molecule has 31 nitrogen and oxygen atoms in total. The number of carboxylic acid groups (broad SMARTS) is 1. The molecule has 2 saturated carbocycles. The maximum atomic E-state index is 13.3. The van der Waals surface area contributed by atoms with E-state index < -0.39 is 56.3 Å². The third-order valence-corrected chi connectivity index (χ3v) is 25.5. The Morgan fingerprint density at radius 2 is 0.943 bits per heavy atom. The summed E-state index contributed by atoms with van der Waals surface area (Å²) in [5.74, 6) is 1.000. The number of hydrogen-bond acceptors (Lipinski definition) is 22. The number of aryl methyl sites for hydroxylation is 2. The minimum atomic E-state index is -3.42. The molecular weight excluding hydrogens is 1810 g/mol. The number of piperidine rings is 4. The maximum Gasteiger partial charge on any atom is 0.410 e. The molecule has 0 spiro atoms. The number of anilines is 2. The maximum absolute atomic E-state index is 13.3. The predicted octanol–water partition coefficient (Wildman–Crippen LogP) is 16.6. The molecule has 6 atom stereocenters. The van der Waals surface area contributed by atoms with Crippen molar-refractivity contribution in [1.82, 2.24) is 34.7 Å². The number of aromatic nitrogens is 2. The van der Waals surface area contributed by atoms with Gasteiger partial charge >= 0.3 is 18.2 Å². The van der Waals surface area contributed by atoms with Crippen LogP contribution in [0.4, 0.5) is 32.3 Å². The average molecular weight is 1930 g/mol. The van der Waals surface area contributed by atoms with E-state index in [4.69, 9.17) is 109 Å². The summed E-state index contributed by atoms with van der Waals surface area (Å²) < 4.78 is 108. The number of pyridine rings is 2. The number of halogens is 7. The van der Waals surface area contributed by atoms with Crippen LogP contribution in [0, 0.1) is 58.2 Å². The molecule has 8 heterocycles. The van der Waals surface area contributed by atoms with Gasteiger partial charge in [0.15, 0.2) is 20.0 Å². The first-order valence-corrected chi connectivity index (χ1v) is 50.5. The normalized spacial score (nSPS) is 21.6. The number of nitrogens with two attached hydrogens (primary N) is 1. The van der Waals surface area contributed by atoms with Crippen LogP contribution in [0.15, 0.2) is 70.9 Å². The first-order valence-electron chi connectivity index (χ1n) is 40.7. The Bertz CT molecular complexity index is 4890. The second-order valence-corrected chi connectivity index (χ2v) is 43.6. The number of hydrazone groups is 2. The summed E-state index contributed by atoms with van der Waals surface area (Å²) in [5, 5.41) is 28.0. The number of nitrogens with zero attached hydrogens (tertiary/aromatic N) is 11. The number of aromatic carboxylic acids is 1. The number of sulfonamides is 1. The third kappa shape index (κ3) is 33.1. The van der Waals surface area contributed by atoms with Gasteiger partial charge < -0.3 is 49.4 Å². The van der Waals surface area contributed by atoms with Gasteiger partial charge in [0.1, 0.15) is 22.6 Å². The highest BCUT2D eigenvalue weighted by atomic mass is 35.7. The van der Waals surface area contributed by atoms with Crippen molar-refractivity contribution in [2.75, 3.05) is 91.7 Å². The highest BCUT2D eigenvalue weighted by Gasteiger charge is 2.48. The molecule has 3 amide bonds. The highest BCUT2D eigenvalue weighted by molar-refractivity contribution is 8.13. The van der Waals surface area contributed by atoms with Crippen LogP contribution in [0.5, 0.6) is 0 Å². The van der Waals surface area contributed by atoms with E-state index in [-0.39, 0.29) is 113 Å². The van der Waals surface area contributed by atoms with Gasteiger partial charge in [-0.3, -0.25) is 14.8 Å². The number of fused-ring (bicyclic) bond motifs is 6. The number of carbonyl (C=O) groups is 4. The molecule has 4 aliphatic carbocycles. The number of nitrogens with one attached hydrogen (secondary N) is 4. The van der Waals surface area contributed by atoms with Crippen molar-refractivity contribution in [3.05, 3.63) is 127 Å². The number of amides is 3. The van der Waals surface area contributed by atoms with Crippen LogP contribution in [0.1, 0.15) is 201 Å². The fraction of sp³-hybridized carbons (Fsp3) is 0.630. The zero-order chi connectivity index (χ0) is 89.1. The molecule has 14 rings (SSSR count). The van der Waals surface area contributed by atoms with E-state index in [0.717, 1.165) is 135 Å². The Morgan fingerprint density at radius 1 is 0.577 bits per heavy atom. The summed E-state index contributed by atoms with van der Waals surface area (Å²) in [6.45, 7) is 31.0. The molecule has 10 aliphatic rings. The van der Waals surface area contributed by atoms with Gasteiger partial charge in [-0.1, -0.05) is 61.0 Å². The molecule has 6 unspecified atom stereocenters. The number of alkyl halides is 2. The third-order valence-electron chi connectivity index (χ3n) is 22.2. The number of carbonyl (C=O) groups excluding carboxylic acids is 3. The first kappa shape index (κ1) is 106. The Balaban J connectivity index is 0.000000248. The van der Waals surface area contributed by atoms with Crippen LogP contribution in [0.2, 0.25) is 10.0 Å². The standard InChI is InChI=1S/C29H33ClN6O3S.C23H21ClN4O2.C11H22N2O4S.C10H20N2O2.C6H14N2O2S.CH2Cl2.CH3ClO2S.2ClH/c1-31-25-10-7-20(17-23(25)30)36-28(18-5-3-4-6-18)22-9-11-24-21(27(22)33-36)8-12-26(32-24)29(37)35-15-13-19(14-16-35)34-40(2,38)39;1-25-19-9-6-14(12-17(19)24)28-22(13-4-2-3-5-13)16-8-10-18-15(21(16)27-28)7-11-20(26-18)23(29)30;1-11(2,3)17-10(14)13-6-4-9(5-7-13)8-18(12,15)16;1-10(2,3)14-9(13)12-6-4-8(11)5-7-12;7-11(9,10)5-6-1-3-8-4-2-6;2-1-3;1-5(2,3)4;;/h7-8,10,12,17-19,22,28,34H,3-6,9,11,13-16H2,2H3;6-7,9,11-13,16,22H,2-5,8,10H2,(H,29,30);9H,4-8H2,1-3H3,(H2,12,15,16);8H,4-7,11H2,1-3H3;6,8H,1-5H2,(H2,7,9,10);1H2;1H3;2*1H. The number of ether oxygens (including phenoxy) is 2. The zero-order valence-corrected chi connectivity index (χ0v) is 79.2. The van der Waals surface area contributed by atoms with E-state index in [0.29, 0.717) is 90.8 Å². The summed E-state index contributed by atoms with van der Waals surface area (Å²) in [7, 11) is -8.64. The molecular formula is C81H117Cl7N16O15S4. The fourth-order valence-corrected chi connectivity index (χ4v) is 20.1. The van der Waals surface area contributed by atoms with Crippen molar-refractivity contribution in [3.8, 4) is 0 Å². The van der Waals surface area contributed by atoms with E-state index in [1.54, 1.807) is 32.9 Å². The van der Waals surface area contributed by atoms with Gasteiger partial charge in [0, 0.05) is 95.0 Å². The molecule has 2 aromatic heterocycles. The Hall–Kier alpha value is -6.23.